The fourth-order valence-electron chi connectivity index (χ4n) is 2.36. The van der Waals surface area contributed by atoms with Crippen LogP contribution in [0.4, 0.5) is 0 Å². The molecule has 2 rings (SSSR count). The summed E-state index contributed by atoms with van der Waals surface area (Å²) in [6.45, 7) is 2.50. The van der Waals surface area contributed by atoms with Gasteiger partial charge in [0.15, 0.2) is 0 Å². The molecule has 0 radical (unpaired) electrons. The smallest absolute Gasteiger partial charge is 0.326 e. The molecule has 1 fully saturated rings. The number of carboxylic acids is 1. The number of carboxylic acid groups (broad SMARTS) is 1. The Balaban J connectivity index is 2.24. The number of nitrogens with zero attached hydrogens (tertiary/aromatic N) is 1. The van der Waals surface area contributed by atoms with Gasteiger partial charge < -0.3 is 14.7 Å². The number of hydrogen-bond acceptors (Lipinski definition) is 4. The van der Waals surface area contributed by atoms with E-state index in [2.05, 4.69) is 0 Å². The van der Waals surface area contributed by atoms with Gasteiger partial charge in [0.25, 0.3) is 5.91 Å². The molecule has 0 aromatic carbocycles. The summed E-state index contributed by atoms with van der Waals surface area (Å²) in [7, 11) is 1.51. The van der Waals surface area contributed by atoms with Crippen molar-refractivity contribution in [3.8, 4) is 5.75 Å². The predicted octanol–water partition coefficient (Wildman–Crippen LogP) is 2.08. The highest BCUT2D eigenvalue weighted by atomic mass is 32.1. The second-order valence-corrected chi connectivity index (χ2v) is 5.72. The first-order valence-corrected chi connectivity index (χ1v) is 7.07. The van der Waals surface area contributed by atoms with Crippen molar-refractivity contribution in [2.24, 2.45) is 5.92 Å². The maximum absolute atomic E-state index is 12.5. The molecule has 2 heterocycles. The molecule has 5 nitrogen and oxygen atoms in total. The van der Waals surface area contributed by atoms with Crippen molar-refractivity contribution in [3.63, 3.8) is 0 Å². The second-order valence-electron chi connectivity index (χ2n) is 4.80. The molecule has 1 N–H and O–H groups in total. The molecule has 19 heavy (non-hydrogen) atoms. The van der Waals surface area contributed by atoms with Crippen LogP contribution in [0, 0.1) is 5.92 Å². The van der Waals surface area contributed by atoms with Gasteiger partial charge in [-0.05, 0) is 30.2 Å². The number of hydrogen-bond donors (Lipinski definition) is 1. The van der Waals surface area contributed by atoms with Crippen LogP contribution in [-0.4, -0.2) is 41.6 Å². The SMILES string of the molecule is COc1ccsc1C(=O)N1CCC(C)CC1C(=O)O. The molecule has 1 aromatic rings. The second kappa shape index (κ2) is 5.61. The largest absolute Gasteiger partial charge is 0.495 e. The number of thiophene rings is 1. The monoisotopic (exact) mass is 283 g/mol. The van der Waals surface area contributed by atoms with E-state index in [0.29, 0.717) is 29.5 Å². The molecular weight excluding hydrogens is 266 g/mol. The third-order valence-electron chi connectivity index (χ3n) is 3.45. The van der Waals surface area contributed by atoms with Crippen molar-refractivity contribution >= 4 is 23.2 Å². The molecule has 1 saturated heterocycles. The fraction of sp³-hybridized carbons (Fsp3) is 0.538. The Kier molecular flexibility index (Phi) is 4.09. The maximum Gasteiger partial charge on any atom is 0.326 e. The topological polar surface area (TPSA) is 66.8 Å². The zero-order chi connectivity index (χ0) is 14.0. The summed E-state index contributed by atoms with van der Waals surface area (Å²) in [4.78, 5) is 25.7. The van der Waals surface area contributed by atoms with Gasteiger partial charge in [-0.25, -0.2) is 4.79 Å². The van der Waals surface area contributed by atoms with E-state index in [4.69, 9.17) is 4.74 Å². The Morgan fingerprint density at radius 2 is 2.26 bits per heavy atom. The number of carbonyl (C=O) groups is 2. The molecule has 6 heteroatoms. The number of rotatable bonds is 3. The van der Waals surface area contributed by atoms with Crippen molar-refractivity contribution in [2.75, 3.05) is 13.7 Å². The minimum absolute atomic E-state index is 0.244. The van der Waals surface area contributed by atoms with Gasteiger partial charge in [-0.15, -0.1) is 11.3 Å². The Bertz CT molecular complexity index is 485. The van der Waals surface area contributed by atoms with E-state index in [-0.39, 0.29) is 5.91 Å². The van der Waals surface area contributed by atoms with Crippen LogP contribution in [0.3, 0.4) is 0 Å². The molecule has 1 amide bonds. The van der Waals surface area contributed by atoms with Gasteiger partial charge in [0.1, 0.15) is 16.7 Å². The molecule has 0 bridgehead atoms. The van der Waals surface area contributed by atoms with Crippen LogP contribution >= 0.6 is 11.3 Å². The van der Waals surface area contributed by atoms with Gasteiger partial charge in [0.05, 0.1) is 7.11 Å². The zero-order valence-electron chi connectivity index (χ0n) is 11.0. The number of likely N-dealkylation sites (tertiary alicyclic amines) is 1. The Labute approximate surface area is 115 Å². The lowest BCUT2D eigenvalue weighted by molar-refractivity contribution is -0.144. The number of piperidine rings is 1. The van der Waals surface area contributed by atoms with Crippen LogP contribution in [0.5, 0.6) is 5.75 Å². The Morgan fingerprint density at radius 3 is 2.89 bits per heavy atom. The Morgan fingerprint density at radius 1 is 1.53 bits per heavy atom. The summed E-state index contributed by atoms with van der Waals surface area (Å²) in [5.41, 5.74) is 0. The number of ether oxygens (including phenoxy) is 1. The molecule has 0 saturated carbocycles. The molecule has 104 valence electrons. The zero-order valence-corrected chi connectivity index (χ0v) is 11.8. The standard InChI is InChI=1S/C13H17NO4S/c1-8-3-5-14(9(7-8)13(16)17)12(15)11-10(18-2)4-6-19-11/h4,6,8-9H,3,5,7H2,1-2H3,(H,16,17). The van der Waals surface area contributed by atoms with Gasteiger partial charge in [-0.3, -0.25) is 4.79 Å². The third kappa shape index (κ3) is 2.73. The minimum atomic E-state index is -0.935. The van der Waals surface area contributed by atoms with Gasteiger partial charge >= 0.3 is 5.97 Å². The van der Waals surface area contributed by atoms with E-state index in [0.717, 1.165) is 6.42 Å². The average molecular weight is 283 g/mol. The van der Waals surface area contributed by atoms with Crippen LogP contribution < -0.4 is 4.74 Å². The molecule has 1 aliphatic heterocycles. The van der Waals surface area contributed by atoms with Crippen LogP contribution in [0.25, 0.3) is 0 Å². The minimum Gasteiger partial charge on any atom is -0.495 e. The lowest BCUT2D eigenvalue weighted by Crippen LogP contribution is -2.49. The summed E-state index contributed by atoms with van der Waals surface area (Å²) in [5.74, 6) is -0.338. The lowest BCUT2D eigenvalue weighted by Gasteiger charge is -2.35. The van der Waals surface area contributed by atoms with Crippen molar-refractivity contribution in [2.45, 2.75) is 25.8 Å². The molecule has 2 unspecified atom stereocenters. The molecule has 0 aliphatic carbocycles. The van der Waals surface area contributed by atoms with Crippen LogP contribution in [0.1, 0.15) is 29.4 Å². The maximum atomic E-state index is 12.5. The molecular formula is C13H17NO4S. The van der Waals surface area contributed by atoms with E-state index in [1.165, 1.54) is 23.3 Å². The number of methoxy groups -OCH3 is 1. The molecule has 1 aliphatic rings. The average Bonchev–Trinajstić information content (AvgIpc) is 2.86. The third-order valence-corrected chi connectivity index (χ3v) is 4.34. The normalized spacial score (nSPS) is 23.2. The van der Waals surface area contributed by atoms with Crippen molar-refractivity contribution in [1.82, 2.24) is 4.90 Å². The van der Waals surface area contributed by atoms with Crippen molar-refractivity contribution in [1.29, 1.82) is 0 Å². The van der Waals surface area contributed by atoms with Gasteiger partial charge in [0.2, 0.25) is 0 Å². The van der Waals surface area contributed by atoms with Gasteiger partial charge in [0, 0.05) is 6.54 Å². The summed E-state index contributed by atoms with van der Waals surface area (Å²) < 4.78 is 5.13. The highest BCUT2D eigenvalue weighted by Crippen LogP contribution is 2.30. The summed E-state index contributed by atoms with van der Waals surface area (Å²) in [6.07, 6.45) is 1.35. The first kappa shape index (κ1) is 13.9. The highest BCUT2D eigenvalue weighted by Gasteiger charge is 2.36. The Hall–Kier alpha value is -1.56. The fourth-order valence-corrected chi connectivity index (χ4v) is 3.18. The van der Waals surface area contributed by atoms with Crippen LogP contribution in [0.15, 0.2) is 11.4 Å². The number of carbonyl (C=O) groups excluding carboxylic acids is 1. The number of aliphatic carboxylic acids is 1. The van der Waals surface area contributed by atoms with Gasteiger partial charge in [-0.1, -0.05) is 6.92 Å². The van der Waals surface area contributed by atoms with Crippen molar-refractivity contribution in [3.05, 3.63) is 16.3 Å². The summed E-state index contributed by atoms with van der Waals surface area (Å²) >= 11 is 1.28. The summed E-state index contributed by atoms with van der Waals surface area (Å²) in [6, 6.07) is 0.989. The first-order chi connectivity index (χ1) is 9.04. The first-order valence-electron chi connectivity index (χ1n) is 6.19. The summed E-state index contributed by atoms with van der Waals surface area (Å²) in [5, 5.41) is 11.0. The van der Waals surface area contributed by atoms with E-state index in [9.17, 15) is 14.7 Å². The molecule has 2 atom stereocenters. The van der Waals surface area contributed by atoms with E-state index >= 15 is 0 Å². The predicted molar refractivity (Wildman–Crippen MR) is 71.7 cm³/mol. The van der Waals surface area contributed by atoms with Crippen LogP contribution in [-0.2, 0) is 4.79 Å². The molecule has 0 spiro atoms. The van der Waals surface area contributed by atoms with Crippen LogP contribution in [0.2, 0.25) is 0 Å². The van der Waals surface area contributed by atoms with E-state index in [1.807, 2.05) is 6.92 Å². The number of amides is 1. The van der Waals surface area contributed by atoms with E-state index in [1.54, 1.807) is 11.4 Å². The van der Waals surface area contributed by atoms with Gasteiger partial charge in [-0.2, -0.15) is 0 Å². The molecule has 1 aromatic heterocycles. The highest BCUT2D eigenvalue weighted by molar-refractivity contribution is 7.12. The van der Waals surface area contributed by atoms with E-state index < -0.39 is 12.0 Å². The van der Waals surface area contributed by atoms with Crippen molar-refractivity contribution < 1.29 is 19.4 Å². The quantitative estimate of drug-likeness (QED) is 0.922. The lowest BCUT2D eigenvalue weighted by atomic mass is 9.92.